The van der Waals surface area contributed by atoms with Gasteiger partial charge in [-0.25, -0.2) is 4.98 Å². The Morgan fingerprint density at radius 2 is 1.78 bits per heavy atom. The van der Waals surface area contributed by atoms with Crippen molar-refractivity contribution in [3.63, 3.8) is 0 Å². The normalized spacial score (nSPS) is 15.7. The van der Waals surface area contributed by atoms with E-state index < -0.39 is 10.1 Å². The molecule has 2 aromatic carbocycles. The first-order chi connectivity index (χ1) is 22.3. The van der Waals surface area contributed by atoms with E-state index in [0.717, 1.165) is 65.9 Å². The molecule has 46 heavy (non-hydrogen) atoms. The zero-order chi connectivity index (χ0) is 31.9. The number of imidazole rings is 1. The second-order valence-corrected chi connectivity index (χ2v) is 12.7. The van der Waals surface area contributed by atoms with Crippen molar-refractivity contribution in [1.82, 2.24) is 29.5 Å². The number of nitrogens with zero attached hydrogens (tertiary/aromatic N) is 6. The molecule has 1 fully saturated rings. The summed E-state index contributed by atoms with van der Waals surface area (Å²) in [5, 5.41) is 12.1. The molecule has 3 aromatic heterocycles. The van der Waals surface area contributed by atoms with Crippen molar-refractivity contribution in [2.75, 3.05) is 12.9 Å². The van der Waals surface area contributed by atoms with Gasteiger partial charge in [0.1, 0.15) is 30.6 Å². The second kappa shape index (κ2) is 14.2. The van der Waals surface area contributed by atoms with Gasteiger partial charge in [0.05, 0.1) is 19.3 Å². The van der Waals surface area contributed by atoms with Gasteiger partial charge >= 0.3 is 0 Å². The fourth-order valence-electron chi connectivity index (χ4n) is 5.05. The lowest BCUT2D eigenvalue weighted by atomic mass is 10.1. The summed E-state index contributed by atoms with van der Waals surface area (Å²) in [6.45, 7) is 3.54. The smallest absolute Gasteiger partial charge is 0.264 e. The van der Waals surface area contributed by atoms with Gasteiger partial charge < -0.3 is 23.1 Å². The average molecular weight is 643 g/mol. The first kappa shape index (κ1) is 31.4. The molecule has 13 heteroatoms. The number of aromatic nitrogens is 6. The van der Waals surface area contributed by atoms with Crippen LogP contribution in [0.3, 0.4) is 0 Å². The molecule has 0 N–H and O–H groups in total. The van der Waals surface area contributed by atoms with Crippen molar-refractivity contribution in [2.45, 2.75) is 58.3 Å². The van der Waals surface area contributed by atoms with Crippen molar-refractivity contribution in [3.8, 4) is 23.2 Å². The number of rotatable bonds is 11. The summed E-state index contributed by atoms with van der Waals surface area (Å²) in [5.74, 6) is 8.31. The summed E-state index contributed by atoms with van der Waals surface area (Å²) in [4.78, 5) is 4.51. The Hall–Kier alpha value is -4.61. The monoisotopic (exact) mass is 642 g/mol. The summed E-state index contributed by atoms with van der Waals surface area (Å²) < 4.78 is 48.7. The van der Waals surface area contributed by atoms with Gasteiger partial charge in [0.15, 0.2) is 17.9 Å². The van der Waals surface area contributed by atoms with Gasteiger partial charge in [0.2, 0.25) is 0 Å². The Labute approximate surface area is 267 Å². The maximum atomic E-state index is 11.3. The average Bonchev–Trinajstić information content (AvgIpc) is 3.82. The minimum Gasteiger partial charge on any atom is -0.356 e. The Balaban J connectivity index is 1.04. The molecule has 0 radical (unpaired) electrons. The van der Waals surface area contributed by atoms with E-state index in [9.17, 15) is 8.42 Å². The van der Waals surface area contributed by atoms with Gasteiger partial charge in [0.25, 0.3) is 10.1 Å². The molecule has 238 valence electrons. The van der Waals surface area contributed by atoms with Crippen LogP contribution in [0.5, 0.6) is 0 Å². The topological polar surface area (TPSA) is 136 Å². The van der Waals surface area contributed by atoms with Crippen LogP contribution in [0.1, 0.15) is 66.3 Å². The number of hydrogen-bond donors (Lipinski definition) is 0. The summed E-state index contributed by atoms with van der Waals surface area (Å²) in [6.07, 6.45) is 8.91. The van der Waals surface area contributed by atoms with E-state index in [4.69, 9.17) is 18.2 Å². The Kier molecular flexibility index (Phi) is 9.70. The van der Waals surface area contributed by atoms with E-state index in [1.165, 1.54) is 0 Å². The van der Waals surface area contributed by atoms with Crippen molar-refractivity contribution >= 4 is 10.1 Å². The molecule has 5 aromatic rings. The predicted octanol–water partition coefficient (Wildman–Crippen LogP) is 4.71. The lowest BCUT2D eigenvalue weighted by molar-refractivity contribution is -0.188. The highest BCUT2D eigenvalue weighted by molar-refractivity contribution is 7.85. The lowest BCUT2D eigenvalue weighted by Gasteiger charge is -2.26. The van der Waals surface area contributed by atoms with E-state index in [1.807, 2.05) is 72.3 Å². The van der Waals surface area contributed by atoms with E-state index in [2.05, 4.69) is 32.2 Å². The molecular weight excluding hydrogens is 608 g/mol. The van der Waals surface area contributed by atoms with E-state index in [-0.39, 0.29) is 19.0 Å². The van der Waals surface area contributed by atoms with E-state index in [0.29, 0.717) is 24.7 Å². The first-order valence-corrected chi connectivity index (χ1v) is 16.8. The molecular formula is C33H34N6O6S. The molecule has 1 unspecified atom stereocenters. The van der Waals surface area contributed by atoms with Crippen LogP contribution < -0.4 is 0 Å². The molecule has 1 aliphatic heterocycles. The van der Waals surface area contributed by atoms with Gasteiger partial charge in [-0.1, -0.05) is 29.1 Å². The Morgan fingerprint density at radius 3 is 2.50 bits per heavy atom. The quantitative estimate of drug-likeness (QED) is 0.147. The van der Waals surface area contributed by atoms with Crippen LogP contribution in [0.15, 0.2) is 77.8 Å². The highest BCUT2D eigenvalue weighted by atomic mass is 32.2. The van der Waals surface area contributed by atoms with Crippen LogP contribution in [-0.2, 0) is 43.5 Å². The lowest BCUT2D eigenvalue weighted by Crippen LogP contribution is -2.24. The molecule has 0 saturated carbocycles. The third-order valence-corrected chi connectivity index (χ3v) is 7.97. The van der Waals surface area contributed by atoms with Gasteiger partial charge in [-0.2, -0.15) is 8.42 Å². The molecule has 6 rings (SSSR count). The van der Waals surface area contributed by atoms with Crippen molar-refractivity contribution in [3.05, 3.63) is 107 Å². The van der Waals surface area contributed by atoms with Crippen molar-refractivity contribution in [2.24, 2.45) is 0 Å². The second-order valence-electron chi connectivity index (χ2n) is 11.0. The maximum Gasteiger partial charge on any atom is 0.264 e. The number of benzene rings is 2. The van der Waals surface area contributed by atoms with Crippen LogP contribution in [0.2, 0.25) is 0 Å². The third-order valence-electron chi connectivity index (χ3n) is 7.42. The largest absolute Gasteiger partial charge is 0.356 e. The van der Waals surface area contributed by atoms with E-state index in [1.54, 1.807) is 17.1 Å². The van der Waals surface area contributed by atoms with Crippen LogP contribution in [0.4, 0.5) is 0 Å². The minimum absolute atomic E-state index is 0.170. The van der Waals surface area contributed by atoms with Gasteiger partial charge in [0, 0.05) is 41.8 Å². The third kappa shape index (κ3) is 8.35. The van der Waals surface area contributed by atoms with Crippen LogP contribution in [-0.4, -0.2) is 57.0 Å². The van der Waals surface area contributed by atoms with E-state index >= 15 is 0 Å². The first-order valence-electron chi connectivity index (χ1n) is 15.0. The SMILES string of the molecule is C[C@H](OC1CCCCO1)c1nccn1Cc1cc(-c2ccc(C#Cc3ccc(Cn4cnnc4COS(C)(=O)=O)cc3)cc2)on1. The molecule has 1 saturated heterocycles. The summed E-state index contributed by atoms with van der Waals surface area (Å²) >= 11 is 0. The van der Waals surface area contributed by atoms with Gasteiger partial charge in [-0.05, 0) is 68.1 Å². The van der Waals surface area contributed by atoms with Gasteiger partial charge in [-0.3, -0.25) is 4.18 Å². The van der Waals surface area contributed by atoms with Crippen LogP contribution in [0, 0.1) is 11.8 Å². The maximum absolute atomic E-state index is 11.3. The fourth-order valence-corrected chi connectivity index (χ4v) is 5.37. The van der Waals surface area contributed by atoms with Crippen molar-refractivity contribution in [1.29, 1.82) is 0 Å². The zero-order valence-electron chi connectivity index (χ0n) is 25.6. The highest BCUT2D eigenvalue weighted by Gasteiger charge is 2.21. The molecule has 0 aliphatic carbocycles. The molecule has 0 spiro atoms. The highest BCUT2D eigenvalue weighted by Crippen LogP contribution is 2.25. The molecule has 0 amide bonds. The van der Waals surface area contributed by atoms with Crippen LogP contribution >= 0.6 is 0 Å². The number of hydrogen-bond acceptors (Lipinski definition) is 10. The molecule has 0 bridgehead atoms. The van der Waals surface area contributed by atoms with Gasteiger partial charge in [-0.15, -0.1) is 10.2 Å². The molecule has 12 nitrogen and oxygen atoms in total. The standard InChI is InChI=1S/C33H34N6O6S/c1-24(44-32-5-3-4-18-42-32)33-34-16-17-38(33)21-29-19-30(45-37-29)28-14-12-26(13-15-28)7-6-25-8-10-27(11-9-25)20-39-23-35-36-31(39)22-43-46(2,40)41/h8-17,19,23-24,32H,3-5,18,20-22H2,1-2H3/t24-,32?/m0/s1. The molecule has 1 aliphatic rings. The minimum atomic E-state index is -3.57. The number of ether oxygens (including phenoxy) is 2. The van der Waals surface area contributed by atoms with Crippen molar-refractivity contribution < 1.29 is 26.6 Å². The molecule has 2 atom stereocenters. The summed E-state index contributed by atoms with van der Waals surface area (Å²) in [7, 11) is -3.57. The fraction of sp³-hybridized carbons (Fsp3) is 0.333. The summed E-state index contributed by atoms with van der Waals surface area (Å²) in [6, 6.07) is 17.6. The van der Waals surface area contributed by atoms with Crippen LogP contribution in [0.25, 0.3) is 11.3 Å². The zero-order valence-corrected chi connectivity index (χ0v) is 26.4. The molecule has 4 heterocycles. The Morgan fingerprint density at radius 1 is 1.02 bits per heavy atom. The Bertz CT molecular complexity index is 1910. The summed E-state index contributed by atoms with van der Waals surface area (Å²) in [5.41, 5.74) is 4.41. The predicted molar refractivity (Wildman–Crippen MR) is 168 cm³/mol.